The van der Waals surface area contributed by atoms with Crippen molar-refractivity contribution in [3.63, 3.8) is 0 Å². The highest BCUT2D eigenvalue weighted by Gasteiger charge is 2.12. The van der Waals surface area contributed by atoms with Crippen molar-refractivity contribution in [2.45, 2.75) is 6.42 Å². The van der Waals surface area contributed by atoms with Gasteiger partial charge in [-0.2, -0.15) is 10.2 Å². The first-order chi connectivity index (χ1) is 7.79. The van der Waals surface area contributed by atoms with Crippen molar-refractivity contribution in [3.05, 3.63) is 47.5 Å². The number of carboxylic acid groups (broad SMARTS) is 1. The maximum Gasteiger partial charge on any atom is 0.336 e. The Hall–Kier alpha value is -2.23. The fourth-order valence-corrected chi connectivity index (χ4v) is 1.46. The zero-order chi connectivity index (χ0) is 11.4. The van der Waals surface area contributed by atoms with E-state index in [4.69, 9.17) is 5.11 Å². The summed E-state index contributed by atoms with van der Waals surface area (Å²) < 4.78 is 0. The van der Waals surface area contributed by atoms with Gasteiger partial charge >= 0.3 is 5.97 Å². The highest BCUT2D eigenvalue weighted by atomic mass is 16.4. The summed E-state index contributed by atoms with van der Waals surface area (Å²) in [5, 5.41) is 16.9. The Morgan fingerprint density at radius 1 is 1.31 bits per heavy atom. The minimum Gasteiger partial charge on any atom is -0.478 e. The van der Waals surface area contributed by atoms with E-state index in [9.17, 15) is 4.79 Å². The van der Waals surface area contributed by atoms with Crippen molar-refractivity contribution in [3.8, 4) is 0 Å². The number of carbonyl (C=O) groups is 1. The molecule has 0 fully saturated rings. The van der Waals surface area contributed by atoms with Crippen LogP contribution in [0.15, 0.2) is 46.6 Å². The number of hydrogen-bond donors (Lipinski definition) is 1. The summed E-state index contributed by atoms with van der Waals surface area (Å²) in [4.78, 5) is 11.0. The van der Waals surface area contributed by atoms with E-state index < -0.39 is 5.97 Å². The van der Waals surface area contributed by atoms with Crippen LogP contribution in [-0.2, 0) is 0 Å². The van der Waals surface area contributed by atoms with Crippen LogP contribution in [0.1, 0.15) is 22.3 Å². The second-order valence-corrected chi connectivity index (χ2v) is 3.27. The Morgan fingerprint density at radius 3 is 2.94 bits per heavy atom. The molecule has 0 unspecified atom stereocenters. The van der Waals surface area contributed by atoms with Gasteiger partial charge in [-0.05, 0) is 12.1 Å². The van der Waals surface area contributed by atoms with Crippen LogP contribution in [0.25, 0.3) is 0 Å². The molecule has 0 saturated heterocycles. The van der Waals surface area contributed by atoms with Gasteiger partial charge in [0, 0.05) is 18.2 Å². The smallest absolute Gasteiger partial charge is 0.336 e. The van der Waals surface area contributed by atoms with Crippen LogP contribution in [0.2, 0.25) is 0 Å². The molecule has 0 aliphatic carbocycles. The first kappa shape index (κ1) is 10.3. The molecule has 1 heterocycles. The predicted molar refractivity (Wildman–Crippen MR) is 62.2 cm³/mol. The molecular formula is C12H10N2O2. The van der Waals surface area contributed by atoms with Crippen LogP contribution in [0.3, 0.4) is 0 Å². The van der Waals surface area contributed by atoms with E-state index in [0.717, 1.165) is 0 Å². The number of aromatic carboxylic acids is 1. The summed E-state index contributed by atoms with van der Waals surface area (Å²) in [6, 6.07) is 6.76. The summed E-state index contributed by atoms with van der Waals surface area (Å²) in [7, 11) is 0. The lowest BCUT2D eigenvalue weighted by molar-refractivity contribution is 0.0696. The van der Waals surface area contributed by atoms with Gasteiger partial charge in [-0.25, -0.2) is 4.79 Å². The summed E-state index contributed by atoms with van der Waals surface area (Å²) in [5.74, 6) is -0.958. The Labute approximate surface area is 92.6 Å². The molecule has 0 atom stereocenters. The van der Waals surface area contributed by atoms with Crippen LogP contribution in [0, 0.1) is 0 Å². The van der Waals surface area contributed by atoms with Crippen LogP contribution in [0.4, 0.5) is 0 Å². The molecule has 0 bridgehead atoms. The molecule has 4 nitrogen and oxygen atoms in total. The number of nitrogens with zero attached hydrogens (tertiary/aromatic N) is 2. The molecule has 1 aromatic carbocycles. The van der Waals surface area contributed by atoms with E-state index in [1.54, 1.807) is 36.6 Å². The topological polar surface area (TPSA) is 62.0 Å². The third-order valence-electron chi connectivity index (χ3n) is 2.20. The molecule has 1 aliphatic heterocycles. The lowest BCUT2D eigenvalue weighted by atomic mass is 10.0. The molecule has 0 aromatic heterocycles. The van der Waals surface area contributed by atoms with Crippen molar-refractivity contribution in [1.29, 1.82) is 0 Å². The fourth-order valence-electron chi connectivity index (χ4n) is 1.46. The molecule has 80 valence electrons. The summed E-state index contributed by atoms with van der Waals surface area (Å²) in [6.45, 7) is 0. The van der Waals surface area contributed by atoms with Gasteiger partial charge in [0.1, 0.15) is 0 Å². The van der Waals surface area contributed by atoms with Gasteiger partial charge in [0.15, 0.2) is 0 Å². The van der Waals surface area contributed by atoms with Gasteiger partial charge in [0.05, 0.1) is 11.3 Å². The van der Waals surface area contributed by atoms with E-state index in [1.165, 1.54) is 0 Å². The largest absolute Gasteiger partial charge is 0.478 e. The molecule has 0 saturated carbocycles. The van der Waals surface area contributed by atoms with Crippen LogP contribution < -0.4 is 0 Å². The lowest BCUT2D eigenvalue weighted by Gasteiger charge is -2.03. The predicted octanol–water partition coefficient (Wildman–Crippen LogP) is 2.12. The molecule has 0 spiro atoms. The van der Waals surface area contributed by atoms with E-state index in [-0.39, 0.29) is 5.56 Å². The maximum absolute atomic E-state index is 11.0. The van der Waals surface area contributed by atoms with Crippen LogP contribution in [-0.4, -0.2) is 23.0 Å². The van der Waals surface area contributed by atoms with Gasteiger partial charge < -0.3 is 5.11 Å². The average Bonchev–Trinajstić information content (AvgIpc) is 2.57. The van der Waals surface area contributed by atoms with Gasteiger partial charge in [-0.3, -0.25) is 0 Å². The van der Waals surface area contributed by atoms with Gasteiger partial charge in [-0.15, -0.1) is 0 Å². The standard InChI is InChI=1S/C12H10N2O2/c15-12(16)10-6-2-1-5-9(10)11-7-3-4-8-13-14-11/h1-3,5-8H,4H2,(H,15,16). The maximum atomic E-state index is 11.0. The molecule has 1 aromatic rings. The normalized spacial score (nSPS) is 14.4. The second kappa shape index (κ2) is 4.53. The molecule has 2 rings (SSSR count). The van der Waals surface area contributed by atoms with Crippen molar-refractivity contribution >= 4 is 17.9 Å². The average molecular weight is 214 g/mol. The van der Waals surface area contributed by atoms with Crippen molar-refractivity contribution in [1.82, 2.24) is 0 Å². The van der Waals surface area contributed by atoms with Crippen molar-refractivity contribution in [2.24, 2.45) is 10.2 Å². The third-order valence-corrected chi connectivity index (χ3v) is 2.20. The molecule has 0 radical (unpaired) electrons. The monoisotopic (exact) mass is 214 g/mol. The highest BCUT2D eigenvalue weighted by Crippen LogP contribution is 2.12. The minimum absolute atomic E-state index is 0.239. The molecule has 1 aliphatic rings. The van der Waals surface area contributed by atoms with Crippen molar-refractivity contribution < 1.29 is 9.90 Å². The van der Waals surface area contributed by atoms with E-state index in [0.29, 0.717) is 17.7 Å². The quantitative estimate of drug-likeness (QED) is 0.819. The van der Waals surface area contributed by atoms with E-state index >= 15 is 0 Å². The first-order valence-corrected chi connectivity index (χ1v) is 4.88. The van der Waals surface area contributed by atoms with Gasteiger partial charge in [-0.1, -0.05) is 24.3 Å². The summed E-state index contributed by atoms with van der Waals surface area (Å²) >= 11 is 0. The third kappa shape index (κ3) is 2.06. The van der Waals surface area contributed by atoms with Crippen LogP contribution in [0.5, 0.6) is 0 Å². The molecule has 1 N–H and O–H groups in total. The van der Waals surface area contributed by atoms with Crippen molar-refractivity contribution in [2.75, 3.05) is 0 Å². The molecule has 0 amide bonds. The van der Waals surface area contributed by atoms with E-state index in [2.05, 4.69) is 10.2 Å². The zero-order valence-corrected chi connectivity index (χ0v) is 8.50. The number of hydrogen-bond acceptors (Lipinski definition) is 3. The van der Waals surface area contributed by atoms with Gasteiger partial charge in [0.2, 0.25) is 0 Å². The van der Waals surface area contributed by atoms with E-state index in [1.807, 2.05) is 6.08 Å². The Bertz CT molecular complexity index is 501. The SMILES string of the molecule is O=C(O)c1ccccc1C1=NN=CCC=C1. The lowest BCUT2D eigenvalue weighted by Crippen LogP contribution is -2.06. The zero-order valence-electron chi connectivity index (χ0n) is 8.50. The van der Waals surface area contributed by atoms with Gasteiger partial charge in [0.25, 0.3) is 0 Å². The minimum atomic E-state index is -0.958. The summed E-state index contributed by atoms with van der Waals surface area (Å²) in [6.07, 6.45) is 6.07. The molecule has 4 heteroatoms. The number of rotatable bonds is 2. The Kier molecular flexibility index (Phi) is 2.91. The molecular weight excluding hydrogens is 204 g/mol. The number of carboxylic acids is 1. The Balaban J connectivity index is 2.51. The number of benzene rings is 1. The van der Waals surface area contributed by atoms with Crippen LogP contribution >= 0.6 is 0 Å². The fraction of sp³-hybridized carbons (Fsp3) is 0.0833. The Morgan fingerprint density at radius 2 is 2.12 bits per heavy atom. The molecule has 16 heavy (non-hydrogen) atoms. The number of allylic oxidation sites excluding steroid dienone is 2. The summed E-state index contributed by atoms with van der Waals surface area (Å²) in [5.41, 5.74) is 1.40. The second-order valence-electron chi connectivity index (χ2n) is 3.27. The first-order valence-electron chi connectivity index (χ1n) is 4.88. The highest BCUT2D eigenvalue weighted by molar-refractivity contribution is 6.14.